The SMILES string of the molecule is O=C(Nc1ccccc1OC(F)F)[C@@H]1CCCN1C(=O)c1cccs1. The van der Waals surface area contributed by atoms with Crippen LogP contribution in [-0.2, 0) is 4.79 Å². The summed E-state index contributed by atoms with van der Waals surface area (Å²) in [4.78, 5) is 27.2. The van der Waals surface area contributed by atoms with E-state index >= 15 is 0 Å². The van der Waals surface area contributed by atoms with Crippen LogP contribution < -0.4 is 10.1 Å². The topological polar surface area (TPSA) is 58.6 Å². The maximum absolute atomic E-state index is 12.6. The quantitative estimate of drug-likeness (QED) is 0.880. The summed E-state index contributed by atoms with van der Waals surface area (Å²) in [6.45, 7) is -2.49. The lowest BCUT2D eigenvalue weighted by molar-refractivity contribution is -0.119. The first-order chi connectivity index (χ1) is 12.1. The fourth-order valence-corrected chi connectivity index (χ4v) is 3.49. The molecule has 1 fully saturated rings. The fourth-order valence-electron chi connectivity index (χ4n) is 2.81. The third kappa shape index (κ3) is 3.96. The van der Waals surface area contributed by atoms with Gasteiger partial charge in [0.15, 0.2) is 0 Å². The molecule has 3 rings (SSSR count). The van der Waals surface area contributed by atoms with Crippen LogP contribution in [-0.4, -0.2) is 35.9 Å². The Kier molecular flexibility index (Phi) is 5.28. The van der Waals surface area contributed by atoms with Crippen molar-refractivity contribution in [3.8, 4) is 5.75 Å². The molecule has 0 radical (unpaired) electrons. The van der Waals surface area contributed by atoms with Gasteiger partial charge in [-0.1, -0.05) is 18.2 Å². The zero-order chi connectivity index (χ0) is 17.8. The number of rotatable bonds is 5. The molecule has 0 bridgehead atoms. The molecule has 5 nitrogen and oxygen atoms in total. The van der Waals surface area contributed by atoms with Crippen molar-refractivity contribution in [2.45, 2.75) is 25.5 Å². The van der Waals surface area contributed by atoms with Crippen LogP contribution in [0.25, 0.3) is 0 Å². The molecule has 1 N–H and O–H groups in total. The van der Waals surface area contributed by atoms with Gasteiger partial charge in [-0.3, -0.25) is 9.59 Å². The molecule has 132 valence electrons. The number of hydrogen-bond acceptors (Lipinski definition) is 4. The Hall–Kier alpha value is -2.48. The van der Waals surface area contributed by atoms with Crippen LogP contribution in [0.15, 0.2) is 41.8 Å². The Morgan fingerprint density at radius 3 is 2.76 bits per heavy atom. The Labute approximate surface area is 147 Å². The summed E-state index contributed by atoms with van der Waals surface area (Å²) >= 11 is 1.32. The van der Waals surface area contributed by atoms with Crippen LogP contribution in [0, 0.1) is 0 Å². The number of hydrogen-bond donors (Lipinski definition) is 1. The number of benzene rings is 1. The number of halogens is 2. The second-order valence-electron chi connectivity index (χ2n) is 5.50. The van der Waals surface area contributed by atoms with Crippen LogP contribution in [0.2, 0.25) is 0 Å². The van der Waals surface area contributed by atoms with Gasteiger partial charge >= 0.3 is 6.61 Å². The number of thiophene rings is 1. The fraction of sp³-hybridized carbons (Fsp3) is 0.294. The van der Waals surface area contributed by atoms with Gasteiger partial charge in [0.25, 0.3) is 5.91 Å². The van der Waals surface area contributed by atoms with E-state index in [1.165, 1.54) is 34.4 Å². The molecular weight excluding hydrogens is 350 g/mol. The number of likely N-dealkylation sites (tertiary alicyclic amines) is 1. The van der Waals surface area contributed by atoms with Crippen LogP contribution in [0.4, 0.5) is 14.5 Å². The second kappa shape index (κ2) is 7.60. The molecule has 0 unspecified atom stereocenters. The van der Waals surface area contributed by atoms with Gasteiger partial charge in [-0.15, -0.1) is 11.3 Å². The molecule has 1 aromatic carbocycles. The standard InChI is InChI=1S/C17H16F2N2O3S/c18-17(19)24-13-7-2-1-5-11(13)20-15(22)12-6-3-9-21(12)16(23)14-8-4-10-25-14/h1-2,4-5,7-8,10,12,17H,3,6,9H2,(H,20,22)/t12-/m0/s1. The highest BCUT2D eigenvalue weighted by Gasteiger charge is 2.35. The van der Waals surface area contributed by atoms with E-state index in [0.717, 1.165) is 0 Å². The number of anilines is 1. The molecule has 2 amide bonds. The van der Waals surface area contributed by atoms with Gasteiger partial charge in [0.1, 0.15) is 11.8 Å². The Morgan fingerprint density at radius 1 is 1.24 bits per heavy atom. The number of carbonyl (C=O) groups is 2. The summed E-state index contributed by atoms with van der Waals surface area (Å²) in [7, 11) is 0. The molecule has 0 saturated carbocycles. The van der Waals surface area contributed by atoms with E-state index in [9.17, 15) is 18.4 Å². The van der Waals surface area contributed by atoms with Crippen molar-refractivity contribution in [1.29, 1.82) is 0 Å². The van der Waals surface area contributed by atoms with E-state index in [1.54, 1.807) is 23.6 Å². The molecule has 1 aliphatic heterocycles. The Bertz CT molecular complexity index is 752. The van der Waals surface area contributed by atoms with Crippen molar-refractivity contribution in [3.05, 3.63) is 46.7 Å². The van der Waals surface area contributed by atoms with Crippen LogP contribution >= 0.6 is 11.3 Å². The first-order valence-electron chi connectivity index (χ1n) is 7.75. The summed E-state index contributed by atoms with van der Waals surface area (Å²) in [5.74, 6) is -0.711. The number of carbonyl (C=O) groups excluding carboxylic acids is 2. The minimum atomic E-state index is -2.98. The van der Waals surface area contributed by atoms with Crippen molar-refractivity contribution in [1.82, 2.24) is 4.90 Å². The number of amides is 2. The van der Waals surface area contributed by atoms with Crippen molar-refractivity contribution >= 4 is 28.8 Å². The first-order valence-corrected chi connectivity index (χ1v) is 8.63. The summed E-state index contributed by atoms with van der Waals surface area (Å²) < 4.78 is 29.4. The van der Waals surface area contributed by atoms with Crippen molar-refractivity contribution in [3.63, 3.8) is 0 Å². The lowest BCUT2D eigenvalue weighted by Crippen LogP contribution is -2.43. The van der Waals surface area contributed by atoms with Crippen LogP contribution in [0.1, 0.15) is 22.5 Å². The third-order valence-electron chi connectivity index (χ3n) is 3.91. The normalized spacial score (nSPS) is 16.9. The zero-order valence-electron chi connectivity index (χ0n) is 13.2. The van der Waals surface area contributed by atoms with Crippen LogP contribution in [0.3, 0.4) is 0 Å². The molecule has 1 saturated heterocycles. The lowest BCUT2D eigenvalue weighted by Gasteiger charge is -2.24. The van der Waals surface area contributed by atoms with Gasteiger partial charge in [0.2, 0.25) is 5.91 Å². The summed E-state index contributed by atoms with van der Waals surface area (Å²) in [6, 6.07) is 8.84. The summed E-state index contributed by atoms with van der Waals surface area (Å²) in [5.41, 5.74) is 0.156. The molecule has 2 heterocycles. The largest absolute Gasteiger partial charge is 0.433 e. The average Bonchev–Trinajstić information content (AvgIpc) is 3.27. The molecule has 2 aromatic rings. The van der Waals surface area contributed by atoms with Gasteiger partial charge < -0.3 is 15.0 Å². The molecule has 0 aliphatic carbocycles. The maximum Gasteiger partial charge on any atom is 0.387 e. The monoisotopic (exact) mass is 366 g/mol. The van der Waals surface area contributed by atoms with E-state index in [-0.39, 0.29) is 17.3 Å². The zero-order valence-corrected chi connectivity index (χ0v) is 14.0. The highest BCUT2D eigenvalue weighted by atomic mass is 32.1. The predicted octanol–water partition coefficient (Wildman–Crippen LogP) is 3.59. The van der Waals surface area contributed by atoms with Crippen molar-refractivity contribution in [2.24, 2.45) is 0 Å². The highest BCUT2D eigenvalue weighted by Crippen LogP contribution is 2.28. The minimum Gasteiger partial charge on any atom is -0.433 e. The number of alkyl halides is 2. The minimum absolute atomic E-state index is 0.111. The van der Waals surface area contributed by atoms with E-state index in [2.05, 4.69) is 10.1 Å². The number of ether oxygens (including phenoxy) is 1. The van der Waals surface area contributed by atoms with E-state index in [4.69, 9.17) is 0 Å². The molecule has 25 heavy (non-hydrogen) atoms. The van der Waals surface area contributed by atoms with E-state index in [1.807, 2.05) is 0 Å². The van der Waals surface area contributed by atoms with E-state index in [0.29, 0.717) is 24.3 Å². The molecule has 1 aromatic heterocycles. The second-order valence-corrected chi connectivity index (χ2v) is 6.45. The van der Waals surface area contributed by atoms with Crippen molar-refractivity contribution in [2.75, 3.05) is 11.9 Å². The van der Waals surface area contributed by atoms with Gasteiger partial charge in [-0.05, 0) is 36.4 Å². The molecule has 0 spiro atoms. The molecule has 1 aliphatic rings. The third-order valence-corrected chi connectivity index (χ3v) is 4.77. The smallest absolute Gasteiger partial charge is 0.387 e. The lowest BCUT2D eigenvalue weighted by atomic mass is 10.2. The highest BCUT2D eigenvalue weighted by molar-refractivity contribution is 7.12. The maximum atomic E-state index is 12.6. The average molecular weight is 366 g/mol. The van der Waals surface area contributed by atoms with Crippen LogP contribution in [0.5, 0.6) is 5.75 Å². The summed E-state index contributed by atoms with van der Waals surface area (Å²) in [5, 5.41) is 4.40. The van der Waals surface area contributed by atoms with Gasteiger partial charge in [-0.2, -0.15) is 8.78 Å². The number of nitrogens with zero attached hydrogens (tertiary/aromatic N) is 1. The van der Waals surface area contributed by atoms with Crippen molar-refractivity contribution < 1.29 is 23.1 Å². The van der Waals surface area contributed by atoms with Gasteiger partial charge in [0, 0.05) is 6.54 Å². The molecular formula is C17H16F2N2O3S. The van der Waals surface area contributed by atoms with Gasteiger partial charge in [-0.25, -0.2) is 0 Å². The van der Waals surface area contributed by atoms with Gasteiger partial charge in [0.05, 0.1) is 10.6 Å². The summed E-state index contributed by atoms with van der Waals surface area (Å²) in [6.07, 6.45) is 1.24. The molecule has 8 heteroatoms. The number of nitrogens with one attached hydrogen (secondary N) is 1. The number of para-hydroxylation sites is 2. The Morgan fingerprint density at radius 2 is 2.04 bits per heavy atom. The predicted molar refractivity (Wildman–Crippen MR) is 90.1 cm³/mol. The van der Waals surface area contributed by atoms with E-state index < -0.39 is 18.6 Å². The first kappa shape index (κ1) is 17.3. The Balaban J connectivity index is 1.74. The molecule has 1 atom stereocenters.